The van der Waals surface area contributed by atoms with Crippen LogP contribution in [-0.2, 0) is 0 Å². The fourth-order valence-corrected chi connectivity index (χ4v) is 2.24. The second kappa shape index (κ2) is 6.29. The number of rotatable bonds is 7. The lowest BCUT2D eigenvalue weighted by Crippen LogP contribution is -2.26. The summed E-state index contributed by atoms with van der Waals surface area (Å²) in [6.07, 6.45) is 2.68. The van der Waals surface area contributed by atoms with Crippen molar-refractivity contribution in [3.05, 3.63) is 23.8 Å². The minimum Gasteiger partial charge on any atom is -0.497 e. The molecule has 1 aliphatic carbocycles. The third-order valence-electron chi connectivity index (χ3n) is 4.06. The summed E-state index contributed by atoms with van der Waals surface area (Å²) in [6.45, 7) is 5.64. The van der Waals surface area contributed by atoms with Crippen LogP contribution in [0.25, 0.3) is 0 Å². The zero-order valence-corrected chi connectivity index (χ0v) is 12.4. The summed E-state index contributed by atoms with van der Waals surface area (Å²) in [7, 11) is 3.39. The van der Waals surface area contributed by atoms with Gasteiger partial charge in [0, 0.05) is 12.1 Å². The lowest BCUT2D eigenvalue weighted by Gasteiger charge is -2.22. The highest BCUT2D eigenvalue weighted by molar-refractivity contribution is 5.40. The van der Waals surface area contributed by atoms with Crippen LogP contribution in [0.4, 0.5) is 0 Å². The summed E-state index contributed by atoms with van der Waals surface area (Å²) in [4.78, 5) is 0. The first-order valence-electron chi connectivity index (χ1n) is 7.10. The number of nitrogens with one attached hydrogen (secondary N) is 1. The molecule has 1 N–H and O–H groups in total. The van der Waals surface area contributed by atoms with Gasteiger partial charge >= 0.3 is 0 Å². The molecule has 1 saturated carbocycles. The predicted molar refractivity (Wildman–Crippen MR) is 78.1 cm³/mol. The first kappa shape index (κ1) is 14.2. The topological polar surface area (TPSA) is 30.5 Å². The SMILES string of the molecule is COc1cc(OC)cc(C(C)C(C)CNC2CC2)c1. The van der Waals surface area contributed by atoms with Gasteiger partial charge in [-0.25, -0.2) is 0 Å². The second-order valence-electron chi connectivity index (χ2n) is 5.59. The molecule has 0 aromatic heterocycles. The highest BCUT2D eigenvalue weighted by Gasteiger charge is 2.23. The van der Waals surface area contributed by atoms with Gasteiger partial charge in [-0.15, -0.1) is 0 Å². The molecule has 19 heavy (non-hydrogen) atoms. The molecule has 0 bridgehead atoms. The van der Waals surface area contributed by atoms with E-state index in [0.717, 1.165) is 24.1 Å². The fraction of sp³-hybridized carbons (Fsp3) is 0.625. The zero-order chi connectivity index (χ0) is 13.8. The molecule has 0 radical (unpaired) electrons. The Balaban J connectivity index is 2.04. The van der Waals surface area contributed by atoms with Gasteiger partial charge in [-0.3, -0.25) is 0 Å². The molecule has 0 heterocycles. The van der Waals surface area contributed by atoms with Crippen LogP contribution in [0, 0.1) is 5.92 Å². The largest absolute Gasteiger partial charge is 0.497 e. The van der Waals surface area contributed by atoms with Crippen LogP contribution >= 0.6 is 0 Å². The second-order valence-corrected chi connectivity index (χ2v) is 5.59. The molecule has 1 aliphatic rings. The van der Waals surface area contributed by atoms with Crippen LogP contribution in [0.15, 0.2) is 18.2 Å². The van der Waals surface area contributed by atoms with Gasteiger partial charge in [0.25, 0.3) is 0 Å². The number of hydrogen-bond donors (Lipinski definition) is 1. The van der Waals surface area contributed by atoms with E-state index in [1.807, 2.05) is 6.07 Å². The number of benzene rings is 1. The van der Waals surface area contributed by atoms with Crippen molar-refractivity contribution in [1.82, 2.24) is 5.32 Å². The standard InChI is InChI=1S/C16H25NO2/c1-11(10-17-14-5-6-14)12(2)13-7-15(18-3)9-16(8-13)19-4/h7-9,11-12,14,17H,5-6,10H2,1-4H3. The molecule has 3 nitrogen and oxygen atoms in total. The van der Waals surface area contributed by atoms with Gasteiger partial charge in [-0.05, 0) is 48.9 Å². The Kier molecular flexibility index (Phi) is 4.70. The fourth-order valence-electron chi connectivity index (χ4n) is 2.24. The van der Waals surface area contributed by atoms with Crippen molar-refractivity contribution < 1.29 is 9.47 Å². The molecule has 3 heteroatoms. The number of ether oxygens (including phenoxy) is 2. The van der Waals surface area contributed by atoms with Gasteiger partial charge in [-0.2, -0.15) is 0 Å². The molecule has 0 aliphatic heterocycles. The lowest BCUT2D eigenvalue weighted by molar-refractivity contribution is 0.389. The van der Waals surface area contributed by atoms with Crippen LogP contribution < -0.4 is 14.8 Å². The van der Waals surface area contributed by atoms with Crippen molar-refractivity contribution in [1.29, 1.82) is 0 Å². The Bertz CT molecular complexity index is 393. The van der Waals surface area contributed by atoms with Gasteiger partial charge in [0.1, 0.15) is 11.5 Å². The predicted octanol–water partition coefficient (Wildman–Crippen LogP) is 3.20. The molecule has 1 aromatic rings. The van der Waals surface area contributed by atoms with E-state index in [-0.39, 0.29) is 0 Å². The summed E-state index contributed by atoms with van der Waals surface area (Å²) < 4.78 is 10.7. The first-order valence-corrected chi connectivity index (χ1v) is 7.10. The molecule has 1 fully saturated rings. The van der Waals surface area contributed by atoms with E-state index in [0.29, 0.717) is 11.8 Å². The van der Waals surface area contributed by atoms with E-state index < -0.39 is 0 Å². The van der Waals surface area contributed by atoms with E-state index in [2.05, 4.69) is 31.3 Å². The van der Waals surface area contributed by atoms with E-state index in [9.17, 15) is 0 Å². The minimum absolute atomic E-state index is 0.482. The van der Waals surface area contributed by atoms with Gasteiger partial charge in [0.05, 0.1) is 14.2 Å². The Morgan fingerprint density at radius 1 is 1.11 bits per heavy atom. The van der Waals surface area contributed by atoms with E-state index in [1.165, 1.54) is 18.4 Å². The minimum atomic E-state index is 0.482. The van der Waals surface area contributed by atoms with E-state index in [1.54, 1.807) is 14.2 Å². The third-order valence-corrected chi connectivity index (χ3v) is 4.06. The van der Waals surface area contributed by atoms with Crippen molar-refractivity contribution in [2.24, 2.45) is 5.92 Å². The summed E-state index contributed by atoms with van der Waals surface area (Å²) in [5, 5.41) is 3.60. The normalized spacial score (nSPS) is 17.9. The summed E-state index contributed by atoms with van der Waals surface area (Å²) in [6, 6.07) is 6.92. The van der Waals surface area contributed by atoms with Gasteiger partial charge < -0.3 is 14.8 Å². The van der Waals surface area contributed by atoms with Crippen molar-refractivity contribution in [2.75, 3.05) is 20.8 Å². The summed E-state index contributed by atoms with van der Waals surface area (Å²) in [5.41, 5.74) is 1.28. The van der Waals surface area contributed by atoms with Crippen LogP contribution in [0.1, 0.15) is 38.2 Å². The molecule has 0 saturated heterocycles. The highest BCUT2D eigenvalue weighted by atomic mass is 16.5. The maximum Gasteiger partial charge on any atom is 0.122 e. The average Bonchev–Trinajstić information content (AvgIpc) is 3.27. The van der Waals surface area contributed by atoms with Crippen molar-refractivity contribution in [2.45, 2.75) is 38.6 Å². The molecule has 0 amide bonds. The first-order chi connectivity index (χ1) is 9.13. The molecule has 2 atom stereocenters. The summed E-state index contributed by atoms with van der Waals surface area (Å²) in [5.74, 6) is 2.81. The monoisotopic (exact) mass is 263 g/mol. The molecular weight excluding hydrogens is 238 g/mol. The Morgan fingerprint density at radius 2 is 1.68 bits per heavy atom. The Labute approximate surface area is 116 Å². The average molecular weight is 263 g/mol. The highest BCUT2D eigenvalue weighted by Crippen LogP contribution is 2.31. The van der Waals surface area contributed by atoms with Crippen LogP contribution in [0.2, 0.25) is 0 Å². The third kappa shape index (κ3) is 3.87. The van der Waals surface area contributed by atoms with Crippen molar-refractivity contribution in [3.8, 4) is 11.5 Å². The smallest absolute Gasteiger partial charge is 0.122 e. The van der Waals surface area contributed by atoms with Crippen LogP contribution in [0.5, 0.6) is 11.5 Å². The van der Waals surface area contributed by atoms with Crippen molar-refractivity contribution >= 4 is 0 Å². The molecule has 2 rings (SSSR count). The molecular formula is C16H25NO2. The molecule has 0 spiro atoms. The van der Waals surface area contributed by atoms with E-state index >= 15 is 0 Å². The maximum atomic E-state index is 5.34. The number of methoxy groups -OCH3 is 2. The maximum absolute atomic E-state index is 5.34. The van der Waals surface area contributed by atoms with Gasteiger partial charge in [-0.1, -0.05) is 13.8 Å². The Morgan fingerprint density at radius 3 is 2.16 bits per heavy atom. The summed E-state index contributed by atoms with van der Waals surface area (Å²) >= 11 is 0. The zero-order valence-electron chi connectivity index (χ0n) is 12.4. The van der Waals surface area contributed by atoms with E-state index in [4.69, 9.17) is 9.47 Å². The Hall–Kier alpha value is -1.22. The van der Waals surface area contributed by atoms with Crippen molar-refractivity contribution in [3.63, 3.8) is 0 Å². The van der Waals surface area contributed by atoms with Gasteiger partial charge in [0.15, 0.2) is 0 Å². The van der Waals surface area contributed by atoms with Crippen LogP contribution in [-0.4, -0.2) is 26.8 Å². The molecule has 2 unspecified atom stereocenters. The lowest BCUT2D eigenvalue weighted by atomic mass is 9.88. The molecule has 106 valence electrons. The van der Waals surface area contributed by atoms with Gasteiger partial charge in [0.2, 0.25) is 0 Å². The molecule has 1 aromatic carbocycles. The van der Waals surface area contributed by atoms with Crippen LogP contribution in [0.3, 0.4) is 0 Å². The number of hydrogen-bond acceptors (Lipinski definition) is 3. The quantitative estimate of drug-likeness (QED) is 0.819.